The molecule has 5 nitrogen and oxygen atoms in total. The Morgan fingerprint density at radius 1 is 1.23 bits per heavy atom. The van der Waals surface area contributed by atoms with Gasteiger partial charge in [0.1, 0.15) is 5.82 Å². The number of benzene rings is 2. The maximum Gasteiger partial charge on any atom is 0.232 e. The number of nitrogens with zero attached hydrogens (tertiary/aromatic N) is 3. The van der Waals surface area contributed by atoms with E-state index in [9.17, 15) is 9.18 Å². The lowest BCUT2D eigenvalue weighted by Crippen LogP contribution is -2.24. The first-order chi connectivity index (χ1) is 12.6. The molecule has 2 aromatic carbocycles. The van der Waals surface area contributed by atoms with Gasteiger partial charge < -0.3 is 9.42 Å². The molecule has 1 atom stereocenters. The fraction of sp³-hybridized carbons (Fsp3) is 0.211. The average Bonchev–Trinajstić information content (AvgIpc) is 3.27. The minimum atomic E-state index is -0.472. The van der Waals surface area contributed by atoms with E-state index in [0.717, 1.165) is 11.1 Å². The van der Waals surface area contributed by atoms with Crippen molar-refractivity contribution in [3.05, 3.63) is 70.8 Å². The molecule has 0 saturated carbocycles. The van der Waals surface area contributed by atoms with Crippen LogP contribution in [0.1, 0.15) is 23.8 Å². The SMILES string of the molecule is O=C1CC(c2nc(-c3ccccc3)no2)CN1Cc1ccc(F)c(Cl)c1. The second-order valence-electron chi connectivity index (χ2n) is 6.25. The maximum atomic E-state index is 13.3. The largest absolute Gasteiger partial charge is 0.339 e. The molecule has 0 spiro atoms. The summed E-state index contributed by atoms with van der Waals surface area (Å²) in [4.78, 5) is 18.5. The molecule has 1 aliphatic rings. The maximum absolute atomic E-state index is 13.3. The van der Waals surface area contributed by atoms with Gasteiger partial charge >= 0.3 is 0 Å². The lowest BCUT2D eigenvalue weighted by molar-refractivity contribution is -0.128. The number of hydrogen-bond acceptors (Lipinski definition) is 4. The molecule has 0 N–H and O–H groups in total. The lowest BCUT2D eigenvalue weighted by Gasteiger charge is -2.16. The van der Waals surface area contributed by atoms with Gasteiger partial charge in [0.05, 0.1) is 10.9 Å². The van der Waals surface area contributed by atoms with Crippen LogP contribution in [0.2, 0.25) is 5.02 Å². The Bertz CT molecular complexity index is 945. The topological polar surface area (TPSA) is 59.2 Å². The molecule has 1 aliphatic heterocycles. The van der Waals surface area contributed by atoms with E-state index in [4.69, 9.17) is 16.1 Å². The molecule has 2 heterocycles. The van der Waals surface area contributed by atoms with E-state index in [2.05, 4.69) is 10.1 Å². The van der Waals surface area contributed by atoms with Gasteiger partial charge in [-0.25, -0.2) is 4.39 Å². The Labute approximate surface area is 154 Å². The number of hydrogen-bond donors (Lipinski definition) is 0. The van der Waals surface area contributed by atoms with Gasteiger partial charge in [0.15, 0.2) is 0 Å². The summed E-state index contributed by atoms with van der Waals surface area (Å²) in [6, 6.07) is 14.0. The molecular formula is C19H15ClFN3O2. The first kappa shape index (κ1) is 16.7. The number of aromatic nitrogens is 2. The van der Waals surface area contributed by atoms with Gasteiger partial charge in [0.2, 0.25) is 17.6 Å². The van der Waals surface area contributed by atoms with Crippen LogP contribution in [-0.4, -0.2) is 27.5 Å². The van der Waals surface area contributed by atoms with Crippen molar-refractivity contribution in [2.45, 2.75) is 18.9 Å². The standard InChI is InChI=1S/C19H15ClFN3O2/c20-15-8-12(6-7-16(15)21)10-24-11-14(9-17(24)25)19-22-18(23-26-19)13-4-2-1-3-5-13/h1-8,14H,9-11H2. The quantitative estimate of drug-likeness (QED) is 0.694. The summed E-state index contributed by atoms with van der Waals surface area (Å²) in [5, 5.41) is 4.06. The van der Waals surface area contributed by atoms with E-state index < -0.39 is 5.82 Å². The number of amides is 1. The normalized spacial score (nSPS) is 17.1. The monoisotopic (exact) mass is 371 g/mol. The summed E-state index contributed by atoms with van der Waals surface area (Å²) in [5.41, 5.74) is 1.64. The van der Waals surface area contributed by atoms with E-state index in [1.54, 1.807) is 11.0 Å². The Morgan fingerprint density at radius 2 is 2.04 bits per heavy atom. The molecule has 132 valence electrons. The Kier molecular flexibility index (Phi) is 4.42. The third-order valence-electron chi connectivity index (χ3n) is 4.39. The number of halogens is 2. The first-order valence-corrected chi connectivity index (χ1v) is 8.58. The lowest BCUT2D eigenvalue weighted by atomic mass is 10.1. The molecule has 26 heavy (non-hydrogen) atoms. The zero-order valence-corrected chi connectivity index (χ0v) is 14.5. The van der Waals surface area contributed by atoms with E-state index in [0.29, 0.717) is 31.2 Å². The predicted molar refractivity (Wildman–Crippen MR) is 93.9 cm³/mol. The minimum absolute atomic E-state index is 0.00471. The van der Waals surface area contributed by atoms with Crippen molar-refractivity contribution in [1.82, 2.24) is 15.0 Å². The van der Waals surface area contributed by atoms with Crippen LogP contribution in [0.25, 0.3) is 11.4 Å². The number of carbonyl (C=O) groups excluding carboxylic acids is 1. The first-order valence-electron chi connectivity index (χ1n) is 8.21. The number of carbonyl (C=O) groups is 1. The Morgan fingerprint density at radius 3 is 2.81 bits per heavy atom. The van der Waals surface area contributed by atoms with E-state index >= 15 is 0 Å². The van der Waals surface area contributed by atoms with Crippen LogP contribution in [0.15, 0.2) is 53.1 Å². The van der Waals surface area contributed by atoms with Crippen molar-refractivity contribution in [3.63, 3.8) is 0 Å². The third-order valence-corrected chi connectivity index (χ3v) is 4.68. The summed E-state index contributed by atoms with van der Waals surface area (Å²) in [7, 11) is 0. The van der Waals surface area contributed by atoms with Gasteiger partial charge in [-0.15, -0.1) is 0 Å². The van der Waals surface area contributed by atoms with E-state index in [-0.39, 0.29) is 16.8 Å². The van der Waals surface area contributed by atoms with E-state index in [1.807, 2.05) is 30.3 Å². The van der Waals surface area contributed by atoms with E-state index in [1.165, 1.54) is 12.1 Å². The molecule has 1 unspecified atom stereocenters. The van der Waals surface area contributed by atoms with Crippen LogP contribution < -0.4 is 0 Å². The smallest absolute Gasteiger partial charge is 0.232 e. The van der Waals surface area contributed by atoms with Gasteiger partial charge in [-0.1, -0.05) is 53.2 Å². The van der Waals surface area contributed by atoms with Crippen molar-refractivity contribution >= 4 is 17.5 Å². The van der Waals surface area contributed by atoms with Gasteiger partial charge in [0.25, 0.3) is 0 Å². The molecule has 1 aromatic heterocycles. The third kappa shape index (κ3) is 3.32. The van der Waals surface area contributed by atoms with Crippen molar-refractivity contribution < 1.29 is 13.7 Å². The van der Waals surface area contributed by atoms with Gasteiger partial charge in [-0.05, 0) is 17.7 Å². The molecule has 1 fully saturated rings. The predicted octanol–water partition coefficient (Wildman–Crippen LogP) is 4.05. The van der Waals surface area contributed by atoms with Crippen LogP contribution in [0, 0.1) is 5.82 Å². The molecule has 4 rings (SSSR count). The Hall–Kier alpha value is -2.73. The molecule has 0 aliphatic carbocycles. The highest BCUT2D eigenvalue weighted by atomic mass is 35.5. The van der Waals surface area contributed by atoms with Crippen LogP contribution in [0.4, 0.5) is 4.39 Å². The van der Waals surface area contributed by atoms with Crippen LogP contribution in [0.3, 0.4) is 0 Å². The van der Waals surface area contributed by atoms with Gasteiger partial charge in [0, 0.05) is 25.1 Å². The van der Waals surface area contributed by atoms with Crippen molar-refractivity contribution in [3.8, 4) is 11.4 Å². The zero-order valence-electron chi connectivity index (χ0n) is 13.7. The highest BCUT2D eigenvalue weighted by Crippen LogP contribution is 2.30. The fourth-order valence-corrected chi connectivity index (χ4v) is 3.26. The van der Waals surface area contributed by atoms with Crippen molar-refractivity contribution in [2.24, 2.45) is 0 Å². The van der Waals surface area contributed by atoms with Crippen molar-refractivity contribution in [1.29, 1.82) is 0 Å². The van der Waals surface area contributed by atoms with Gasteiger partial charge in [-0.3, -0.25) is 4.79 Å². The molecule has 3 aromatic rings. The Balaban J connectivity index is 1.48. The van der Waals surface area contributed by atoms with Crippen LogP contribution in [0.5, 0.6) is 0 Å². The average molecular weight is 372 g/mol. The summed E-state index contributed by atoms with van der Waals surface area (Å²) < 4.78 is 18.6. The summed E-state index contributed by atoms with van der Waals surface area (Å²) >= 11 is 5.81. The fourth-order valence-electron chi connectivity index (χ4n) is 3.05. The van der Waals surface area contributed by atoms with Gasteiger partial charge in [-0.2, -0.15) is 4.98 Å². The van der Waals surface area contributed by atoms with Crippen LogP contribution in [-0.2, 0) is 11.3 Å². The highest BCUT2D eigenvalue weighted by Gasteiger charge is 2.34. The van der Waals surface area contributed by atoms with Crippen molar-refractivity contribution in [2.75, 3.05) is 6.54 Å². The molecular weight excluding hydrogens is 357 g/mol. The summed E-state index contributed by atoms with van der Waals surface area (Å²) in [5.74, 6) is 0.340. The number of rotatable bonds is 4. The second kappa shape index (κ2) is 6.88. The second-order valence-corrected chi connectivity index (χ2v) is 6.65. The zero-order chi connectivity index (χ0) is 18.1. The molecule has 0 bridgehead atoms. The summed E-state index contributed by atoms with van der Waals surface area (Å²) in [6.07, 6.45) is 0.311. The number of likely N-dealkylation sites (tertiary alicyclic amines) is 1. The highest BCUT2D eigenvalue weighted by molar-refractivity contribution is 6.30. The summed E-state index contributed by atoms with van der Waals surface area (Å²) in [6.45, 7) is 0.846. The molecule has 1 saturated heterocycles. The molecule has 0 radical (unpaired) electrons. The molecule has 7 heteroatoms. The molecule has 1 amide bonds. The van der Waals surface area contributed by atoms with Crippen LogP contribution >= 0.6 is 11.6 Å². The minimum Gasteiger partial charge on any atom is -0.339 e.